The van der Waals surface area contributed by atoms with Crippen molar-refractivity contribution in [3.63, 3.8) is 0 Å². The fraction of sp³-hybridized carbons (Fsp3) is 0.304. The quantitative estimate of drug-likeness (QED) is 0.388. The first-order valence-corrected chi connectivity index (χ1v) is 10.7. The second kappa shape index (κ2) is 7.99. The van der Waals surface area contributed by atoms with E-state index in [2.05, 4.69) is 21.0 Å². The molecule has 32 heavy (non-hydrogen) atoms. The number of imide groups is 1. The van der Waals surface area contributed by atoms with Crippen molar-refractivity contribution in [2.75, 3.05) is 10.6 Å². The van der Waals surface area contributed by atoms with E-state index in [1.807, 2.05) is 44.2 Å². The molecule has 3 N–H and O–H groups in total. The van der Waals surface area contributed by atoms with Crippen LogP contribution in [-0.2, 0) is 9.59 Å². The fourth-order valence-electron chi connectivity index (χ4n) is 3.56. The lowest BCUT2D eigenvalue weighted by atomic mass is 10.1. The van der Waals surface area contributed by atoms with Gasteiger partial charge in [0.2, 0.25) is 5.91 Å². The lowest BCUT2D eigenvalue weighted by Crippen LogP contribution is -2.19. The highest BCUT2D eigenvalue weighted by molar-refractivity contribution is 6.15. The molecule has 1 saturated carbocycles. The number of hydrogen-bond acceptors (Lipinski definition) is 7. The molecule has 0 spiro atoms. The van der Waals surface area contributed by atoms with Gasteiger partial charge < -0.3 is 15.4 Å². The third kappa shape index (κ3) is 4.27. The molecule has 2 amide bonds. The van der Waals surface area contributed by atoms with E-state index in [4.69, 9.17) is 9.72 Å². The topological polar surface area (TPSA) is 110 Å². The average molecular weight is 432 g/mol. The molecule has 9 nitrogen and oxygen atoms in total. The van der Waals surface area contributed by atoms with Crippen LogP contribution < -0.4 is 20.7 Å². The number of fused-ring (bicyclic) bond motifs is 1. The van der Waals surface area contributed by atoms with Gasteiger partial charge in [-0.3, -0.25) is 14.9 Å². The second-order valence-corrected chi connectivity index (χ2v) is 8.32. The van der Waals surface area contributed by atoms with Crippen molar-refractivity contribution in [1.29, 1.82) is 0 Å². The molecule has 0 atom stereocenters. The maximum atomic E-state index is 12.0. The van der Waals surface area contributed by atoms with Crippen molar-refractivity contribution in [1.82, 2.24) is 19.9 Å². The SMILES string of the molecule is CC(C)Oc1cccc(Nc2cc(NC3CC3)n3ncc(C=C4CC(=O)NC4=O)c3n2)c1. The zero-order valence-corrected chi connectivity index (χ0v) is 17.9. The number of nitrogens with one attached hydrogen (secondary N) is 3. The summed E-state index contributed by atoms with van der Waals surface area (Å²) < 4.78 is 7.51. The van der Waals surface area contributed by atoms with Gasteiger partial charge in [-0.15, -0.1) is 0 Å². The molecule has 1 aromatic carbocycles. The lowest BCUT2D eigenvalue weighted by Gasteiger charge is -2.13. The summed E-state index contributed by atoms with van der Waals surface area (Å²) in [6.07, 6.45) is 5.70. The summed E-state index contributed by atoms with van der Waals surface area (Å²) in [5, 5.41) is 13.6. The molecular formula is C23H24N6O3. The minimum Gasteiger partial charge on any atom is -0.491 e. The third-order valence-electron chi connectivity index (χ3n) is 5.13. The number of aromatic nitrogens is 3. The molecule has 5 rings (SSSR count). The number of nitrogens with zero attached hydrogens (tertiary/aromatic N) is 3. The molecule has 2 fully saturated rings. The van der Waals surface area contributed by atoms with Crippen LogP contribution in [0.4, 0.5) is 17.3 Å². The summed E-state index contributed by atoms with van der Waals surface area (Å²) in [5.74, 6) is 1.55. The van der Waals surface area contributed by atoms with Gasteiger partial charge in [0.1, 0.15) is 17.4 Å². The van der Waals surface area contributed by atoms with E-state index in [1.54, 1.807) is 16.8 Å². The van der Waals surface area contributed by atoms with Gasteiger partial charge in [-0.05, 0) is 44.9 Å². The molecule has 3 aromatic rings. The minimum absolute atomic E-state index is 0.0595. The Bertz CT molecular complexity index is 1240. The maximum absolute atomic E-state index is 12.0. The van der Waals surface area contributed by atoms with E-state index >= 15 is 0 Å². The molecule has 1 aliphatic heterocycles. The Balaban J connectivity index is 1.52. The van der Waals surface area contributed by atoms with E-state index in [0.29, 0.717) is 28.6 Å². The number of carbonyl (C=O) groups is 2. The Kier molecular flexibility index (Phi) is 5.01. The maximum Gasteiger partial charge on any atom is 0.254 e. The number of rotatable bonds is 7. The molecule has 0 radical (unpaired) electrons. The van der Waals surface area contributed by atoms with E-state index < -0.39 is 0 Å². The smallest absolute Gasteiger partial charge is 0.254 e. The average Bonchev–Trinajstić information content (AvgIpc) is 3.36. The van der Waals surface area contributed by atoms with Crippen LogP contribution in [0.5, 0.6) is 5.75 Å². The van der Waals surface area contributed by atoms with Gasteiger partial charge in [-0.2, -0.15) is 9.61 Å². The van der Waals surface area contributed by atoms with Crippen LogP contribution in [0.2, 0.25) is 0 Å². The Morgan fingerprint density at radius 3 is 2.81 bits per heavy atom. The van der Waals surface area contributed by atoms with Gasteiger partial charge in [0, 0.05) is 35.0 Å². The first kappa shape index (κ1) is 20.0. The summed E-state index contributed by atoms with van der Waals surface area (Å²) in [4.78, 5) is 28.3. The van der Waals surface area contributed by atoms with Gasteiger partial charge >= 0.3 is 0 Å². The minimum atomic E-state index is -0.373. The van der Waals surface area contributed by atoms with Crippen molar-refractivity contribution in [3.8, 4) is 5.75 Å². The number of anilines is 3. The standard InChI is InChI=1S/C23H24N6O3/c1-13(2)32-18-5-3-4-17(10-18)25-19-11-20(26-16-6-7-16)29-22(27-19)15(12-24-29)8-14-9-21(30)28-23(14)31/h3-5,8,10-13,16,26H,6-7,9H2,1-2H3,(H,25,27)(H,28,30,31). The van der Waals surface area contributed by atoms with E-state index in [-0.39, 0.29) is 24.3 Å². The zero-order valence-electron chi connectivity index (χ0n) is 17.9. The summed E-state index contributed by atoms with van der Waals surface area (Å²) in [6, 6.07) is 10.0. The van der Waals surface area contributed by atoms with E-state index in [1.165, 1.54) is 0 Å². The van der Waals surface area contributed by atoms with Crippen LogP contribution in [0, 0.1) is 0 Å². The van der Waals surface area contributed by atoms with Crippen LogP contribution in [0.1, 0.15) is 38.7 Å². The van der Waals surface area contributed by atoms with Gasteiger partial charge in [0.15, 0.2) is 5.65 Å². The van der Waals surface area contributed by atoms with Crippen molar-refractivity contribution in [2.45, 2.75) is 45.3 Å². The Morgan fingerprint density at radius 2 is 2.09 bits per heavy atom. The summed E-state index contributed by atoms with van der Waals surface area (Å²) >= 11 is 0. The molecule has 3 heterocycles. The molecular weight excluding hydrogens is 408 g/mol. The summed E-state index contributed by atoms with van der Waals surface area (Å²) in [7, 11) is 0. The number of hydrogen-bond donors (Lipinski definition) is 3. The third-order valence-corrected chi connectivity index (χ3v) is 5.13. The lowest BCUT2D eigenvalue weighted by molar-refractivity contribution is -0.124. The van der Waals surface area contributed by atoms with Crippen molar-refractivity contribution in [3.05, 3.63) is 47.7 Å². The van der Waals surface area contributed by atoms with Crippen LogP contribution >= 0.6 is 0 Å². The van der Waals surface area contributed by atoms with Crippen LogP contribution in [0.3, 0.4) is 0 Å². The molecule has 9 heteroatoms. The molecule has 0 unspecified atom stereocenters. The highest BCUT2D eigenvalue weighted by atomic mass is 16.5. The summed E-state index contributed by atoms with van der Waals surface area (Å²) in [5.41, 5.74) is 2.51. The Hall–Kier alpha value is -3.88. The molecule has 0 bridgehead atoms. The number of amides is 2. The molecule has 2 aromatic heterocycles. The fourth-order valence-corrected chi connectivity index (χ4v) is 3.56. The molecule has 2 aliphatic rings. The van der Waals surface area contributed by atoms with Crippen molar-refractivity contribution < 1.29 is 14.3 Å². The normalized spacial score (nSPS) is 17.3. The predicted octanol–water partition coefficient (Wildman–Crippen LogP) is 3.26. The number of benzene rings is 1. The first-order valence-electron chi connectivity index (χ1n) is 10.7. The number of carbonyl (C=O) groups excluding carboxylic acids is 2. The molecule has 1 saturated heterocycles. The van der Waals surface area contributed by atoms with Gasteiger partial charge in [-0.25, -0.2) is 4.98 Å². The largest absolute Gasteiger partial charge is 0.491 e. The van der Waals surface area contributed by atoms with Crippen LogP contribution in [0.15, 0.2) is 42.1 Å². The van der Waals surface area contributed by atoms with Crippen LogP contribution in [0.25, 0.3) is 11.7 Å². The highest BCUT2D eigenvalue weighted by Crippen LogP contribution is 2.29. The van der Waals surface area contributed by atoms with E-state index in [0.717, 1.165) is 30.1 Å². The van der Waals surface area contributed by atoms with E-state index in [9.17, 15) is 9.59 Å². The van der Waals surface area contributed by atoms with Crippen molar-refractivity contribution in [2.24, 2.45) is 0 Å². The Labute approximate surface area is 184 Å². The van der Waals surface area contributed by atoms with Gasteiger partial charge in [0.25, 0.3) is 5.91 Å². The van der Waals surface area contributed by atoms with Crippen LogP contribution in [-0.4, -0.2) is 38.6 Å². The second-order valence-electron chi connectivity index (χ2n) is 8.32. The predicted molar refractivity (Wildman–Crippen MR) is 121 cm³/mol. The molecule has 1 aliphatic carbocycles. The van der Waals surface area contributed by atoms with Gasteiger partial charge in [-0.1, -0.05) is 6.07 Å². The van der Waals surface area contributed by atoms with Gasteiger partial charge in [0.05, 0.1) is 18.7 Å². The van der Waals surface area contributed by atoms with Crippen molar-refractivity contribution >= 4 is 40.9 Å². The summed E-state index contributed by atoms with van der Waals surface area (Å²) in [6.45, 7) is 3.97. The first-order chi connectivity index (χ1) is 15.4. The highest BCUT2D eigenvalue weighted by Gasteiger charge is 2.25. The monoisotopic (exact) mass is 432 g/mol. The molecule has 164 valence electrons. The zero-order chi connectivity index (χ0) is 22.2. The number of ether oxygens (including phenoxy) is 1. The Morgan fingerprint density at radius 1 is 1.25 bits per heavy atom.